The van der Waals surface area contributed by atoms with E-state index in [2.05, 4.69) is 10.3 Å². The second-order valence-corrected chi connectivity index (χ2v) is 8.07. The minimum absolute atomic E-state index is 0.0154. The SMILES string of the molecule is CCOc1ccc(NC(=O)CC2SC(=Nc3ccc(C(C)=O)cc3)N(CC)C2=O)cc1. The second-order valence-electron chi connectivity index (χ2n) is 6.90. The molecule has 1 aliphatic rings. The van der Waals surface area contributed by atoms with Crippen molar-refractivity contribution in [3.05, 3.63) is 54.1 Å². The van der Waals surface area contributed by atoms with Crippen LogP contribution in [0.2, 0.25) is 0 Å². The van der Waals surface area contributed by atoms with Crippen LogP contribution in [-0.4, -0.2) is 46.1 Å². The Morgan fingerprint density at radius 2 is 1.77 bits per heavy atom. The molecule has 1 atom stereocenters. The molecular weight excluding hydrogens is 414 g/mol. The molecule has 0 aliphatic carbocycles. The Hall–Kier alpha value is -3.13. The van der Waals surface area contributed by atoms with E-state index in [1.54, 1.807) is 53.4 Å². The van der Waals surface area contributed by atoms with Crippen LogP contribution in [0.15, 0.2) is 53.5 Å². The van der Waals surface area contributed by atoms with Crippen molar-refractivity contribution in [1.82, 2.24) is 4.90 Å². The maximum atomic E-state index is 12.8. The second kappa shape index (κ2) is 10.3. The van der Waals surface area contributed by atoms with Crippen molar-refractivity contribution in [3.8, 4) is 5.75 Å². The summed E-state index contributed by atoms with van der Waals surface area (Å²) in [4.78, 5) is 42.8. The van der Waals surface area contributed by atoms with E-state index in [1.165, 1.54) is 18.7 Å². The van der Waals surface area contributed by atoms with Gasteiger partial charge < -0.3 is 10.1 Å². The number of nitrogens with zero attached hydrogens (tertiary/aromatic N) is 2. The van der Waals surface area contributed by atoms with Gasteiger partial charge in [-0.05, 0) is 69.3 Å². The Balaban J connectivity index is 1.66. The fourth-order valence-corrected chi connectivity index (χ4v) is 4.30. The van der Waals surface area contributed by atoms with Crippen LogP contribution >= 0.6 is 11.8 Å². The average Bonchev–Trinajstić information content (AvgIpc) is 3.03. The summed E-state index contributed by atoms with van der Waals surface area (Å²) in [6, 6.07) is 14.0. The maximum Gasteiger partial charge on any atom is 0.242 e. The summed E-state index contributed by atoms with van der Waals surface area (Å²) in [6.45, 7) is 6.33. The number of rotatable bonds is 8. The number of hydrogen-bond donors (Lipinski definition) is 1. The Kier molecular flexibility index (Phi) is 7.46. The Morgan fingerprint density at radius 1 is 1.10 bits per heavy atom. The molecule has 0 aromatic heterocycles. The van der Waals surface area contributed by atoms with Crippen LogP contribution in [0.4, 0.5) is 11.4 Å². The van der Waals surface area contributed by atoms with Crippen LogP contribution in [0.5, 0.6) is 5.75 Å². The number of nitrogens with one attached hydrogen (secondary N) is 1. The quantitative estimate of drug-likeness (QED) is 0.621. The summed E-state index contributed by atoms with van der Waals surface area (Å²) in [5, 5.41) is 2.85. The highest BCUT2D eigenvalue weighted by atomic mass is 32.2. The lowest BCUT2D eigenvalue weighted by atomic mass is 10.1. The van der Waals surface area contributed by atoms with Crippen molar-refractivity contribution in [3.63, 3.8) is 0 Å². The van der Waals surface area contributed by atoms with Gasteiger partial charge in [0.1, 0.15) is 11.0 Å². The summed E-state index contributed by atoms with van der Waals surface area (Å²) < 4.78 is 5.39. The van der Waals surface area contributed by atoms with Crippen LogP contribution in [0.1, 0.15) is 37.6 Å². The Labute approximate surface area is 185 Å². The smallest absolute Gasteiger partial charge is 0.242 e. The lowest BCUT2D eigenvalue weighted by Gasteiger charge is -2.13. The van der Waals surface area contributed by atoms with Crippen molar-refractivity contribution in [2.45, 2.75) is 32.4 Å². The van der Waals surface area contributed by atoms with Gasteiger partial charge >= 0.3 is 0 Å². The van der Waals surface area contributed by atoms with Gasteiger partial charge in [-0.3, -0.25) is 19.3 Å². The first-order chi connectivity index (χ1) is 14.9. The van der Waals surface area contributed by atoms with E-state index in [1.807, 2.05) is 13.8 Å². The molecule has 3 rings (SSSR count). The number of hydrogen-bond acceptors (Lipinski definition) is 6. The molecule has 2 amide bonds. The van der Waals surface area contributed by atoms with E-state index in [9.17, 15) is 14.4 Å². The number of Topliss-reactive ketones (excluding diaryl/α,β-unsaturated/α-hetero) is 1. The number of aliphatic imine (C=N–C) groups is 1. The zero-order valence-corrected chi connectivity index (χ0v) is 18.6. The normalized spacial score (nSPS) is 17.1. The first-order valence-corrected chi connectivity index (χ1v) is 11.0. The van der Waals surface area contributed by atoms with Crippen molar-refractivity contribution >= 4 is 45.9 Å². The molecule has 0 bridgehead atoms. The molecule has 2 aromatic rings. The summed E-state index contributed by atoms with van der Waals surface area (Å²) in [5.74, 6) is 0.350. The van der Waals surface area contributed by atoms with Gasteiger partial charge in [-0.15, -0.1) is 0 Å². The number of anilines is 1. The van der Waals surface area contributed by atoms with Gasteiger partial charge in [0.15, 0.2) is 11.0 Å². The predicted octanol–water partition coefficient (Wildman–Crippen LogP) is 4.27. The topological polar surface area (TPSA) is 88.1 Å². The van der Waals surface area contributed by atoms with Crippen molar-refractivity contribution in [1.29, 1.82) is 0 Å². The molecule has 1 N–H and O–H groups in total. The minimum Gasteiger partial charge on any atom is -0.494 e. The molecule has 2 aromatic carbocycles. The van der Waals surface area contributed by atoms with Crippen LogP contribution in [0.25, 0.3) is 0 Å². The van der Waals surface area contributed by atoms with Gasteiger partial charge in [0.2, 0.25) is 11.8 Å². The fourth-order valence-electron chi connectivity index (χ4n) is 3.08. The summed E-state index contributed by atoms with van der Waals surface area (Å²) in [5.41, 5.74) is 1.91. The van der Waals surface area contributed by atoms with Crippen LogP contribution in [0, 0.1) is 0 Å². The first kappa shape index (κ1) is 22.6. The first-order valence-electron chi connectivity index (χ1n) is 10.1. The largest absolute Gasteiger partial charge is 0.494 e. The van der Waals surface area contributed by atoms with Gasteiger partial charge in [-0.2, -0.15) is 0 Å². The van der Waals surface area contributed by atoms with Gasteiger partial charge in [0, 0.05) is 24.2 Å². The van der Waals surface area contributed by atoms with Crippen molar-refractivity contribution in [2.75, 3.05) is 18.5 Å². The van der Waals surface area contributed by atoms with Crippen molar-refractivity contribution in [2.24, 2.45) is 4.99 Å². The number of amidine groups is 1. The highest BCUT2D eigenvalue weighted by Crippen LogP contribution is 2.32. The third-order valence-corrected chi connectivity index (χ3v) is 5.83. The molecule has 162 valence electrons. The highest BCUT2D eigenvalue weighted by molar-refractivity contribution is 8.15. The summed E-state index contributed by atoms with van der Waals surface area (Å²) >= 11 is 1.28. The van der Waals surface area contributed by atoms with Crippen LogP contribution in [-0.2, 0) is 9.59 Å². The maximum absolute atomic E-state index is 12.8. The number of carbonyl (C=O) groups excluding carboxylic acids is 3. The zero-order chi connectivity index (χ0) is 22.4. The molecule has 8 heteroatoms. The molecular formula is C23H25N3O4S. The molecule has 1 fully saturated rings. The third kappa shape index (κ3) is 5.73. The molecule has 1 saturated heterocycles. The number of ether oxygens (including phenoxy) is 1. The third-order valence-electron chi connectivity index (χ3n) is 4.65. The van der Waals surface area contributed by atoms with Gasteiger partial charge in [0.25, 0.3) is 0 Å². The van der Waals surface area contributed by atoms with Gasteiger partial charge in [-0.1, -0.05) is 11.8 Å². The molecule has 1 aliphatic heterocycles. The lowest BCUT2D eigenvalue weighted by molar-refractivity contribution is -0.128. The lowest BCUT2D eigenvalue weighted by Crippen LogP contribution is -2.33. The molecule has 31 heavy (non-hydrogen) atoms. The van der Waals surface area contributed by atoms with E-state index in [-0.39, 0.29) is 24.0 Å². The number of carbonyl (C=O) groups is 3. The van der Waals surface area contributed by atoms with Crippen molar-refractivity contribution < 1.29 is 19.1 Å². The molecule has 0 saturated carbocycles. The van der Waals surface area contributed by atoms with E-state index in [0.29, 0.717) is 35.3 Å². The van der Waals surface area contributed by atoms with E-state index >= 15 is 0 Å². The monoisotopic (exact) mass is 439 g/mol. The molecule has 1 heterocycles. The predicted molar refractivity (Wildman–Crippen MR) is 123 cm³/mol. The number of amides is 2. The number of thioether (sulfide) groups is 1. The van der Waals surface area contributed by atoms with Gasteiger partial charge in [0.05, 0.1) is 12.3 Å². The van der Waals surface area contributed by atoms with E-state index in [4.69, 9.17) is 4.74 Å². The minimum atomic E-state index is -0.530. The summed E-state index contributed by atoms with van der Waals surface area (Å²) in [7, 11) is 0. The number of benzene rings is 2. The molecule has 7 nitrogen and oxygen atoms in total. The van der Waals surface area contributed by atoms with Gasteiger partial charge in [-0.25, -0.2) is 4.99 Å². The average molecular weight is 440 g/mol. The number of ketones is 1. The Morgan fingerprint density at radius 3 is 2.35 bits per heavy atom. The van der Waals surface area contributed by atoms with Crippen LogP contribution < -0.4 is 10.1 Å². The standard InChI is InChI=1S/C23H25N3O4S/c1-4-26-22(29)20(14-21(28)24-17-10-12-19(13-11-17)30-5-2)31-23(26)25-18-8-6-16(7-9-18)15(3)27/h6-13,20H,4-5,14H2,1-3H3,(H,24,28). The zero-order valence-electron chi connectivity index (χ0n) is 17.8. The van der Waals surface area contributed by atoms with Crippen LogP contribution in [0.3, 0.4) is 0 Å². The molecule has 0 radical (unpaired) electrons. The Bertz CT molecular complexity index is 987. The summed E-state index contributed by atoms with van der Waals surface area (Å²) in [6.07, 6.45) is 0.0511. The van der Waals surface area contributed by atoms with E-state index < -0.39 is 5.25 Å². The molecule has 1 unspecified atom stereocenters. The molecule has 0 spiro atoms. The fraction of sp³-hybridized carbons (Fsp3) is 0.304. The highest BCUT2D eigenvalue weighted by Gasteiger charge is 2.38. The van der Waals surface area contributed by atoms with E-state index in [0.717, 1.165) is 5.75 Å².